The van der Waals surface area contributed by atoms with Gasteiger partial charge in [0, 0.05) is 49.4 Å². The lowest BCUT2D eigenvalue weighted by Gasteiger charge is -2.36. The fourth-order valence-electron chi connectivity index (χ4n) is 4.12. The van der Waals surface area contributed by atoms with E-state index in [4.69, 9.17) is 4.98 Å². The van der Waals surface area contributed by atoms with Crippen molar-refractivity contribution in [2.45, 2.75) is 27.2 Å². The molecule has 2 heterocycles. The molecule has 4 rings (SSSR count). The summed E-state index contributed by atoms with van der Waals surface area (Å²) in [5, 5.41) is 0. The first-order valence-corrected chi connectivity index (χ1v) is 10.6. The topological polar surface area (TPSA) is 49.3 Å². The predicted octanol–water partition coefficient (Wildman–Crippen LogP) is 4.09. The summed E-state index contributed by atoms with van der Waals surface area (Å²) in [6.45, 7) is 8.39. The third kappa shape index (κ3) is 4.43. The molecule has 0 saturated carbocycles. The van der Waals surface area contributed by atoms with Crippen molar-refractivity contribution in [1.82, 2.24) is 14.9 Å². The Labute approximate surface area is 182 Å². The van der Waals surface area contributed by atoms with Gasteiger partial charge in [-0.3, -0.25) is 4.79 Å². The number of benzene rings is 2. The number of halogens is 1. The van der Waals surface area contributed by atoms with E-state index in [1.165, 1.54) is 6.07 Å². The molecule has 1 aliphatic heterocycles. The van der Waals surface area contributed by atoms with Crippen LogP contribution in [-0.4, -0.2) is 47.0 Å². The Morgan fingerprint density at radius 1 is 0.935 bits per heavy atom. The first-order chi connectivity index (χ1) is 14.9. The molecule has 0 unspecified atom stereocenters. The van der Waals surface area contributed by atoms with E-state index in [1.807, 2.05) is 56.0 Å². The van der Waals surface area contributed by atoms with Crippen molar-refractivity contribution < 1.29 is 9.18 Å². The Hall–Kier alpha value is -3.28. The lowest BCUT2D eigenvalue weighted by atomic mass is 10.0. The second kappa shape index (κ2) is 8.84. The van der Waals surface area contributed by atoms with Gasteiger partial charge in [-0.1, -0.05) is 36.4 Å². The maximum Gasteiger partial charge on any atom is 0.254 e. The zero-order valence-corrected chi connectivity index (χ0v) is 18.2. The number of hydrogen-bond acceptors (Lipinski definition) is 4. The Balaban J connectivity index is 1.55. The summed E-state index contributed by atoms with van der Waals surface area (Å²) in [5.41, 5.74) is 4.18. The van der Waals surface area contributed by atoms with Gasteiger partial charge in [0.1, 0.15) is 17.5 Å². The van der Waals surface area contributed by atoms with Gasteiger partial charge in [0.25, 0.3) is 5.91 Å². The summed E-state index contributed by atoms with van der Waals surface area (Å²) in [7, 11) is 0. The smallest absolute Gasteiger partial charge is 0.254 e. The normalized spacial score (nSPS) is 14.1. The van der Waals surface area contributed by atoms with Gasteiger partial charge >= 0.3 is 0 Å². The first kappa shape index (κ1) is 21.0. The molecule has 0 spiro atoms. The molecule has 1 fully saturated rings. The summed E-state index contributed by atoms with van der Waals surface area (Å²) in [6.07, 6.45) is 0.441. The molecule has 0 aliphatic carbocycles. The van der Waals surface area contributed by atoms with Gasteiger partial charge in [-0.05, 0) is 44.0 Å². The molecule has 1 amide bonds. The second-order valence-electron chi connectivity index (χ2n) is 8.02. The van der Waals surface area contributed by atoms with Crippen LogP contribution in [0.1, 0.15) is 38.6 Å². The monoisotopic (exact) mass is 418 g/mol. The number of hydrogen-bond donors (Lipinski definition) is 0. The third-order valence-electron chi connectivity index (χ3n) is 5.87. The molecular weight excluding hydrogens is 391 g/mol. The fraction of sp³-hybridized carbons (Fsp3) is 0.320. The van der Waals surface area contributed by atoms with Crippen LogP contribution >= 0.6 is 0 Å². The number of amides is 1. The lowest BCUT2D eigenvalue weighted by molar-refractivity contribution is 0.0745. The van der Waals surface area contributed by atoms with E-state index in [0.717, 1.165) is 28.2 Å². The standard InChI is InChI=1S/C25H27FN4O/c1-17-8-4-6-10-21(17)25(31)30-14-12-29(13-15-30)24-22(18(2)27-19(3)28-24)16-20-9-5-7-11-23(20)26/h4-11H,12-16H2,1-3H3. The zero-order valence-electron chi connectivity index (χ0n) is 18.2. The average molecular weight is 419 g/mol. The summed E-state index contributed by atoms with van der Waals surface area (Å²) in [5.74, 6) is 1.39. The van der Waals surface area contributed by atoms with Crippen LogP contribution in [0.3, 0.4) is 0 Å². The molecule has 6 heteroatoms. The van der Waals surface area contributed by atoms with Crippen LogP contribution in [0, 0.1) is 26.6 Å². The molecule has 5 nitrogen and oxygen atoms in total. The van der Waals surface area contributed by atoms with Crippen LogP contribution in [0.15, 0.2) is 48.5 Å². The molecule has 1 aliphatic rings. The van der Waals surface area contributed by atoms with Crippen LogP contribution < -0.4 is 4.90 Å². The van der Waals surface area contributed by atoms with Crippen LogP contribution in [-0.2, 0) is 6.42 Å². The summed E-state index contributed by atoms with van der Waals surface area (Å²) < 4.78 is 14.3. The maximum atomic E-state index is 14.3. The van der Waals surface area contributed by atoms with E-state index in [0.29, 0.717) is 44.0 Å². The SMILES string of the molecule is Cc1nc(C)c(Cc2ccccc2F)c(N2CCN(C(=O)c3ccccc3C)CC2)n1. The number of piperazine rings is 1. The highest BCUT2D eigenvalue weighted by Crippen LogP contribution is 2.26. The largest absolute Gasteiger partial charge is 0.353 e. The van der Waals surface area contributed by atoms with E-state index >= 15 is 0 Å². The molecule has 0 atom stereocenters. The zero-order chi connectivity index (χ0) is 22.0. The van der Waals surface area contributed by atoms with E-state index in [-0.39, 0.29) is 11.7 Å². The molecule has 0 radical (unpaired) electrons. The minimum Gasteiger partial charge on any atom is -0.353 e. The van der Waals surface area contributed by atoms with Crippen molar-refractivity contribution in [3.05, 3.63) is 88.1 Å². The molecule has 0 N–H and O–H groups in total. The number of carbonyl (C=O) groups is 1. The summed E-state index contributed by atoms with van der Waals surface area (Å²) in [6, 6.07) is 14.5. The molecule has 3 aromatic rings. The van der Waals surface area contributed by atoms with Gasteiger partial charge in [0.15, 0.2) is 0 Å². The highest BCUT2D eigenvalue weighted by molar-refractivity contribution is 5.95. The highest BCUT2D eigenvalue weighted by atomic mass is 19.1. The number of anilines is 1. The molecule has 1 saturated heterocycles. The van der Waals surface area contributed by atoms with Gasteiger partial charge in [-0.2, -0.15) is 0 Å². The quantitative estimate of drug-likeness (QED) is 0.640. The third-order valence-corrected chi connectivity index (χ3v) is 5.87. The van der Waals surface area contributed by atoms with Crippen LogP contribution in [0.4, 0.5) is 10.2 Å². The van der Waals surface area contributed by atoms with Crippen molar-refractivity contribution in [2.75, 3.05) is 31.1 Å². The Kier molecular flexibility index (Phi) is 5.98. The van der Waals surface area contributed by atoms with E-state index in [9.17, 15) is 9.18 Å². The lowest BCUT2D eigenvalue weighted by Crippen LogP contribution is -2.49. The molecular formula is C25H27FN4O. The summed E-state index contributed by atoms with van der Waals surface area (Å²) in [4.78, 5) is 26.3. The van der Waals surface area contributed by atoms with Crippen molar-refractivity contribution in [1.29, 1.82) is 0 Å². The first-order valence-electron chi connectivity index (χ1n) is 10.6. The van der Waals surface area contributed by atoms with E-state index in [2.05, 4.69) is 9.88 Å². The average Bonchev–Trinajstić information content (AvgIpc) is 2.77. The minimum absolute atomic E-state index is 0.0689. The van der Waals surface area contributed by atoms with Crippen LogP contribution in [0.25, 0.3) is 0 Å². The number of rotatable bonds is 4. The van der Waals surface area contributed by atoms with Crippen molar-refractivity contribution in [3.63, 3.8) is 0 Å². The second-order valence-corrected chi connectivity index (χ2v) is 8.02. The minimum atomic E-state index is -0.220. The summed E-state index contributed by atoms with van der Waals surface area (Å²) >= 11 is 0. The van der Waals surface area contributed by atoms with Gasteiger partial charge in [-0.15, -0.1) is 0 Å². The van der Waals surface area contributed by atoms with Crippen molar-refractivity contribution in [3.8, 4) is 0 Å². The predicted molar refractivity (Wildman–Crippen MR) is 120 cm³/mol. The Morgan fingerprint density at radius 2 is 1.61 bits per heavy atom. The van der Waals surface area contributed by atoms with Crippen molar-refractivity contribution >= 4 is 11.7 Å². The maximum absolute atomic E-state index is 14.3. The Morgan fingerprint density at radius 3 is 2.32 bits per heavy atom. The molecule has 31 heavy (non-hydrogen) atoms. The van der Waals surface area contributed by atoms with Crippen LogP contribution in [0.2, 0.25) is 0 Å². The van der Waals surface area contributed by atoms with E-state index in [1.54, 1.807) is 12.1 Å². The highest BCUT2D eigenvalue weighted by Gasteiger charge is 2.26. The van der Waals surface area contributed by atoms with Gasteiger partial charge in [0.2, 0.25) is 0 Å². The van der Waals surface area contributed by atoms with Gasteiger partial charge in [0.05, 0.1) is 0 Å². The fourth-order valence-corrected chi connectivity index (χ4v) is 4.12. The molecule has 160 valence electrons. The van der Waals surface area contributed by atoms with Crippen LogP contribution in [0.5, 0.6) is 0 Å². The number of nitrogens with zero attached hydrogens (tertiary/aromatic N) is 4. The Bertz CT molecular complexity index is 1110. The molecule has 0 bridgehead atoms. The number of aromatic nitrogens is 2. The molecule has 2 aromatic carbocycles. The number of aryl methyl sites for hydroxylation is 3. The van der Waals surface area contributed by atoms with E-state index < -0.39 is 0 Å². The number of carbonyl (C=O) groups excluding carboxylic acids is 1. The molecule has 1 aromatic heterocycles. The van der Waals surface area contributed by atoms with Gasteiger partial charge < -0.3 is 9.80 Å². The van der Waals surface area contributed by atoms with Crippen molar-refractivity contribution in [2.24, 2.45) is 0 Å². The van der Waals surface area contributed by atoms with Gasteiger partial charge in [-0.25, -0.2) is 14.4 Å².